The van der Waals surface area contributed by atoms with E-state index in [0.717, 1.165) is 12.8 Å². The van der Waals surface area contributed by atoms with E-state index in [-0.39, 0.29) is 17.9 Å². The van der Waals surface area contributed by atoms with Gasteiger partial charge in [0.05, 0.1) is 13.2 Å². The van der Waals surface area contributed by atoms with E-state index in [1.165, 1.54) is 11.1 Å². The summed E-state index contributed by atoms with van der Waals surface area (Å²) in [7, 11) is 3.47. The van der Waals surface area contributed by atoms with Gasteiger partial charge in [-0.15, -0.1) is 0 Å². The molecule has 0 aliphatic heterocycles. The van der Waals surface area contributed by atoms with Crippen molar-refractivity contribution < 1.29 is 14.3 Å². The fraction of sp³-hybridized carbons (Fsp3) is 0.364. The van der Waals surface area contributed by atoms with Crippen LogP contribution in [0, 0.1) is 0 Å². The number of aryl methyl sites for hydroxylation is 1. The van der Waals surface area contributed by atoms with Crippen molar-refractivity contribution in [3.8, 4) is 5.75 Å². The van der Waals surface area contributed by atoms with Crippen molar-refractivity contribution in [3.05, 3.63) is 65.2 Å². The Kier molecular flexibility index (Phi) is 6.12. The van der Waals surface area contributed by atoms with E-state index in [2.05, 4.69) is 23.5 Å². The molecule has 2 amide bonds. The summed E-state index contributed by atoms with van der Waals surface area (Å²) in [6.45, 7) is 0.478. The van der Waals surface area contributed by atoms with E-state index < -0.39 is 0 Å². The molecule has 5 nitrogen and oxygen atoms in total. The Morgan fingerprint density at radius 3 is 2.63 bits per heavy atom. The van der Waals surface area contributed by atoms with Crippen LogP contribution in [0.5, 0.6) is 5.75 Å². The zero-order valence-electron chi connectivity index (χ0n) is 15.9. The molecule has 1 aliphatic carbocycles. The van der Waals surface area contributed by atoms with Crippen molar-refractivity contribution in [2.24, 2.45) is 0 Å². The molecule has 0 heterocycles. The number of carbonyl (C=O) groups is 2. The molecule has 5 heteroatoms. The molecule has 1 aliphatic rings. The molecule has 0 aromatic heterocycles. The highest BCUT2D eigenvalue weighted by molar-refractivity contribution is 5.94. The number of carbonyl (C=O) groups excluding carboxylic acids is 2. The molecule has 0 fully saturated rings. The summed E-state index contributed by atoms with van der Waals surface area (Å²) in [5.41, 5.74) is 3.19. The third kappa shape index (κ3) is 4.48. The predicted molar refractivity (Wildman–Crippen MR) is 105 cm³/mol. The lowest BCUT2D eigenvalue weighted by Gasteiger charge is -2.25. The van der Waals surface area contributed by atoms with Gasteiger partial charge < -0.3 is 15.0 Å². The van der Waals surface area contributed by atoms with Crippen LogP contribution in [0.4, 0.5) is 0 Å². The maximum atomic E-state index is 12.5. The quantitative estimate of drug-likeness (QED) is 0.765. The zero-order valence-corrected chi connectivity index (χ0v) is 15.9. The van der Waals surface area contributed by atoms with E-state index in [1.54, 1.807) is 31.4 Å². The van der Waals surface area contributed by atoms with Crippen molar-refractivity contribution in [1.82, 2.24) is 10.2 Å². The molecule has 1 atom stereocenters. The third-order valence-corrected chi connectivity index (χ3v) is 5.17. The monoisotopic (exact) mass is 366 g/mol. The minimum Gasteiger partial charge on any atom is -0.497 e. The molecular formula is C22H26N2O3. The fourth-order valence-electron chi connectivity index (χ4n) is 3.57. The number of hydrogen-bond acceptors (Lipinski definition) is 3. The second-order valence-corrected chi connectivity index (χ2v) is 6.85. The summed E-state index contributed by atoms with van der Waals surface area (Å²) >= 11 is 0. The maximum Gasteiger partial charge on any atom is 0.251 e. The Morgan fingerprint density at radius 1 is 1.15 bits per heavy atom. The van der Waals surface area contributed by atoms with Crippen LogP contribution in [0.25, 0.3) is 0 Å². The van der Waals surface area contributed by atoms with Crippen LogP contribution in [0.2, 0.25) is 0 Å². The summed E-state index contributed by atoms with van der Waals surface area (Å²) < 4.78 is 5.09. The molecular weight excluding hydrogens is 340 g/mol. The highest BCUT2D eigenvalue weighted by Gasteiger charge is 2.27. The van der Waals surface area contributed by atoms with E-state index in [1.807, 2.05) is 18.0 Å². The van der Waals surface area contributed by atoms with Crippen LogP contribution in [0.15, 0.2) is 48.5 Å². The molecule has 27 heavy (non-hydrogen) atoms. The average Bonchev–Trinajstić information content (AvgIpc) is 3.14. The lowest BCUT2D eigenvalue weighted by Crippen LogP contribution is -2.31. The van der Waals surface area contributed by atoms with E-state index >= 15 is 0 Å². The topological polar surface area (TPSA) is 58.6 Å². The summed E-state index contributed by atoms with van der Waals surface area (Å²) in [4.78, 5) is 26.5. The number of fused-ring (bicyclic) bond motifs is 1. The van der Waals surface area contributed by atoms with Gasteiger partial charge in [0, 0.05) is 25.6 Å². The number of methoxy groups -OCH3 is 1. The zero-order chi connectivity index (χ0) is 19.2. The number of nitrogens with one attached hydrogen (secondary N) is 1. The van der Waals surface area contributed by atoms with E-state index in [9.17, 15) is 9.59 Å². The van der Waals surface area contributed by atoms with Gasteiger partial charge in [0.2, 0.25) is 5.91 Å². The predicted octanol–water partition coefficient (Wildman–Crippen LogP) is 3.35. The largest absolute Gasteiger partial charge is 0.497 e. The number of ether oxygens (including phenoxy) is 1. The van der Waals surface area contributed by atoms with Crippen molar-refractivity contribution in [2.45, 2.75) is 31.7 Å². The van der Waals surface area contributed by atoms with Gasteiger partial charge in [-0.3, -0.25) is 9.59 Å². The molecule has 1 unspecified atom stereocenters. The molecule has 0 spiro atoms. The van der Waals surface area contributed by atoms with Crippen LogP contribution in [-0.4, -0.2) is 37.4 Å². The Hall–Kier alpha value is -2.82. The molecule has 2 aromatic carbocycles. The molecule has 0 radical (unpaired) electrons. The van der Waals surface area contributed by atoms with Crippen molar-refractivity contribution >= 4 is 11.8 Å². The molecule has 2 aromatic rings. The fourth-order valence-corrected chi connectivity index (χ4v) is 3.57. The summed E-state index contributed by atoms with van der Waals surface area (Å²) in [5.74, 6) is 0.701. The standard InChI is InChI=1S/C22H26N2O3/c1-24(20-14-11-16-6-3-4-7-19(16)20)21(25)8-5-15-23-22(26)17-9-12-18(27-2)13-10-17/h3-4,6-7,9-10,12-13,20H,5,8,11,14-15H2,1-2H3,(H,23,26). The van der Waals surface area contributed by atoms with Crippen molar-refractivity contribution in [2.75, 3.05) is 20.7 Å². The highest BCUT2D eigenvalue weighted by atomic mass is 16.5. The minimum absolute atomic E-state index is 0.121. The lowest BCUT2D eigenvalue weighted by molar-refractivity contribution is -0.132. The first kappa shape index (κ1) is 19.0. The Morgan fingerprint density at radius 2 is 1.89 bits per heavy atom. The van der Waals surface area contributed by atoms with Crippen LogP contribution >= 0.6 is 0 Å². The first-order valence-electron chi connectivity index (χ1n) is 9.36. The highest BCUT2D eigenvalue weighted by Crippen LogP contribution is 2.35. The van der Waals surface area contributed by atoms with Gasteiger partial charge in [0.15, 0.2) is 0 Å². The van der Waals surface area contributed by atoms with Gasteiger partial charge in [-0.05, 0) is 54.7 Å². The smallest absolute Gasteiger partial charge is 0.251 e. The first-order valence-corrected chi connectivity index (χ1v) is 9.36. The van der Waals surface area contributed by atoms with Gasteiger partial charge in [0.25, 0.3) is 5.91 Å². The van der Waals surface area contributed by atoms with Gasteiger partial charge in [-0.25, -0.2) is 0 Å². The summed E-state index contributed by atoms with van der Waals surface area (Å²) in [5, 5.41) is 2.87. The summed E-state index contributed by atoms with van der Waals surface area (Å²) in [6.07, 6.45) is 3.06. The Balaban J connectivity index is 1.43. The summed E-state index contributed by atoms with van der Waals surface area (Å²) in [6, 6.07) is 15.5. The molecule has 0 saturated heterocycles. The van der Waals surface area contributed by atoms with Crippen LogP contribution in [0.1, 0.15) is 46.8 Å². The first-order chi connectivity index (χ1) is 13.1. The number of hydrogen-bond donors (Lipinski definition) is 1. The molecule has 1 N–H and O–H groups in total. The Labute approximate surface area is 160 Å². The Bertz CT molecular complexity index is 801. The third-order valence-electron chi connectivity index (χ3n) is 5.17. The number of nitrogens with zero attached hydrogens (tertiary/aromatic N) is 1. The minimum atomic E-state index is -0.136. The van der Waals surface area contributed by atoms with Crippen LogP contribution in [0.3, 0.4) is 0 Å². The van der Waals surface area contributed by atoms with Gasteiger partial charge in [-0.1, -0.05) is 24.3 Å². The normalized spacial score (nSPS) is 15.1. The molecule has 142 valence electrons. The second-order valence-electron chi connectivity index (χ2n) is 6.85. The van der Waals surface area contributed by atoms with E-state index in [0.29, 0.717) is 30.7 Å². The van der Waals surface area contributed by atoms with Crippen molar-refractivity contribution in [1.29, 1.82) is 0 Å². The molecule has 3 rings (SSSR count). The van der Waals surface area contributed by atoms with Gasteiger partial charge in [0.1, 0.15) is 5.75 Å². The number of rotatable bonds is 7. The SMILES string of the molecule is COc1ccc(C(=O)NCCCC(=O)N(C)C2CCc3ccccc32)cc1. The van der Waals surface area contributed by atoms with E-state index in [4.69, 9.17) is 4.74 Å². The van der Waals surface area contributed by atoms with Gasteiger partial charge in [-0.2, -0.15) is 0 Å². The maximum absolute atomic E-state index is 12.5. The second kappa shape index (κ2) is 8.71. The lowest BCUT2D eigenvalue weighted by atomic mass is 10.1. The van der Waals surface area contributed by atoms with Crippen LogP contribution in [-0.2, 0) is 11.2 Å². The number of benzene rings is 2. The number of amides is 2. The average molecular weight is 366 g/mol. The van der Waals surface area contributed by atoms with Gasteiger partial charge >= 0.3 is 0 Å². The molecule has 0 bridgehead atoms. The molecule has 0 saturated carbocycles. The van der Waals surface area contributed by atoms with Crippen molar-refractivity contribution in [3.63, 3.8) is 0 Å². The van der Waals surface area contributed by atoms with Crippen LogP contribution < -0.4 is 10.1 Å².